The van der Waals surface area contributed by atoms with E-state index in [9.17, 15) is 35.4 Å². The summed E-state index contributed by atoms with van der Waals surface area (Å²) in [5.74, 6) is 0.772. The number of aliphatic hydroxyl groups excluding tert-OH is 5. The van der Waals surface area contributed by atoms with Crippen molar-refractivity contribution >= 4 is 11.0 Å². The third kappa shape index (κ3) is 5.19. The molecule has 0 amide bonds. The molecule has 2 aliphatic rings. The van der Waals surface area contributed by atoms with Gasteiger partial charge in [-0.15, -0.1) is 0 Å². The zero-order valence-electron chi connectivity index (χ0n) is 21.3. The maximum atomic E-state index is 13.2. The molecule has 0 spiro atoms. The fourth-order valence-electron chi connectivity index (χ4n) is 4.65. The number of methoxy groups -OCH3 is 1. The van der Waals surface area contributed by atoms with Gasteiger partial charge in [-0.25, -0.2) is 0 Å². The lowest BCUT2D eigenvalue weighted by Crippen LogP contribution is -2.62. The molecule has 0 saturated carbocycles. The van der Waals surface area contributed by atoms with Crippen LogP contribution in [0.1, 0.15) is 0 Å². The molecular formula is C27H30O13. The molecule has 13 nitrogen and oxygen atoms in total. The second kappa shape index (κ2) is 11.4. The third-order valence-electron chi connectivity index (χ3n) is 7.09. The molecule has 2 aliphatic heterocycles. The minimum absolute atomic E-state index is 0.131. The second-order valence-corrected chi connectivity index (χ2v) is 9.68. The Morgan fingerprint density at radius 1 is 1.00 bits per heavy atom. The van der Waals surface area contributed by atoms with Gasteiger partial charge in [-0.1, -0.05) is 12.1 Å². The maximum absolute atomic E-state index is 13.2. The highest BCUT2D eigenvalue weighted by atomic mass is 16.8. The molecule has 0 aliphatic carbocycles. The van der Waals surface area contributed by atoms with Crippen LogP contribution < -0.4 is 14.9 Å². The highest BCUT2D eigenvalue weighted by Gasteiger charge is 2.53. The zero-order valence-corrected chi connectivity index (χ0v) is 21.3. The average Bonchev–Trinajstić information content (AvgIpc) is 3.26. The fourth-order valence-corrected chi connectivity index (χ4v) is 4.65. The summed E-state index contributed by atoms with van der Waals surface area (Å²) in [6.07, 6.45) is -9.29. The van der Waals surface area contributed by atoms with Gasteiger partial charge in [-0.2, -0.15) is 0 Å². The van der Waals surface area contributed by atoms with Crippen LogP contribution in [-0.2, 0) is 14.2 Å². The van der Waals surface area contributed by atoms with Gasteiger partial charge in [0.1, 0.15) is 53.4 Å². The minimum Gasteiger partial charge on any atom is -0.497 e. The quantitative estimate of drug-likeness (QED) is 0.198. The van der Waals surface area contributed by atoms with Crippen molar-refractivity contribution in [2.45, 2.75) is 48.7 Å². The monoisotopic (exact) mass is 562 g/mol. The molecule has 8 unspecified atom stereocenters. The SMILES string of the molecule is COc1ccc(-c2coc3cc(OC4OC(CO)C(O)C(O)C4OC4OCC(O)(CO)C4O)ccc3c2=O)cc1. The van der Waals surface area contributed by atoms with Gasteiger partial charge in [0.2, 0.25) is 6.29 Å². The molecule has 3 aromatic rings. The number of hydrogen-bond acceptors (Lipinski definition) is 13. The smallest absolute Gasteiger partial charge is 0.229 e. The largest absolute Gasteiger partial charge is 0.497 e. The van der Waals surface area contributed by atoms with E-state index in [4.69, 9.17) is 28.1 Å². The summed E-state index contributed by atoms with van der Waals surface area (Å²) >= 11 is 0. The molecular weight excluding hydrogens is 532 g/mol. The van der Waals surface area contributed by atoms with Gasteiger partial charge in [-0.05, 0) is 29.8 Å². The van der Waals surface area contributed by atoms with Crippen LogP contribution in [0, 0.1) is 0 Å². The number of ether oxygens (including phenoxy) is 5. The molecule has 6 N–H and O–H groups in total. The molecule has 5 rings (SSSR count). The Hall–Kier alpha value is -3.11. The van der Waals surface area contributed by atoms with Crippen molar-refractivity contribution in [3.63, 3.8) is 0 Å². The molecule has 13 heteroatoms. The molecule has 2 fully saturated rings. The highest BCUT2D eigenvalue weighted by molar-refractivity contribution is 5.82. The fraction of sp³-hybridized carbons (Fsp3) is 0.444. The van der Waals surface area contributed by atoms with Gasteiger partial charge in [0.05, 0.1) is 37.9 Å². The summed E-state index contributed by atoms with van der Waals surface area (Å²) in [6.45, 7) is -1.91. The van der Waals surface area contributed by atoms with E-state index in [1.807, 2.05) is 0 Å². The van der Waals surface area contributed by atoms with Crippen LogP contribution in [0.4, 0.5) is 0 Å². The Labute approximate surface area is 227 Å². The van der Waals surface area contributed by atoms with Crippen LogP contribution in [0.5, 0.6) is 11.5 Å². The van der Waals surface area contributed by atoms with Crippen molar-refractivity contribution in [1.29, 1.82) is 0 Å². The molecule has 0 bridgehead atoms. The van der Waals surface area contributed by atoms with Crippen molar-refractivity contribution in [1.82, 2.24) is 0 Å². The van der Waals surface area contributed by atoms with Crippen molar-refractivity contribution in [2.75, 3.05) is 26.9 Å². The number of fused-ring (bicyclic) bond motifs is 1. The molecule has 0 radical (unpaired) electrons. The Morgan fingerprint density at radius 2 is 1.73 bits per heavy atom. The Kier molecular flexibility index (Phi) is 8.10. The lowest BCUT2D eigenvalue weighted by molar-refractivity contribution is -0.318. The van der Waals surface area contributed by atoms with E-state index in [2.05, 4.69) is 0 Å². The lowest BCUT2D eigenvalue weighted by atomic mass is 9.98. The first-order valence-electron chi connectivity index (χ1n) is 12.5. The molecule has 40 heavy (non-hydrogen) atoms. The predicted molar refractivity (Wildman–Crippen MR) is 136 cm³/mol. The number of hydrogen-bond donors (Lipinski definition) is 6. The van der Waals surface area contributed by atoms with Crippen LogP contribution in [-0.4, -0.2) is 106 Å². The predicted octanol–water partition coefficient (Wildman–Crippen LogP) is -0.888. The normalized spacial score (nSPS) is 32.3. The van der Waals surface area contributed by atoms with E-state index >= 15 is 0 Å². The Morgan fingerprint density at radius 3 is 2.38 bits per heavy atom. The second-order valence-electron chi connectivity index (χ2n) is 9.68. The van der Waals surface area contributed by atoms with Crippen LogP contribution in [0.2, 0.25) is 0 Å². The molecule has 3 heterocycles. The van der Waals surface area contributed by atoms with Gasteiger partial charge in [0.25, 0.3) is 0 Å². The van der Waals surface area contributed by atoms with Gasteiger partial charge in [-0.3, -0.25) is 4.79 Å². The van der Waals surface area contributed by atoms with E-state index in [1.54, 1.807) is 31.4 Å². The maximum Gasteiger partial charge on any atom is 0.229 e. The molecule has 2 aromatic carbocycles. The highest BCUT2D eigenvalue weighted by Crippen LogP contribution is 2.33. The van der Waals surface area contributed by atoms with Crippen molar-refractivity contribution < 1.29 is 58.7 Å². The van der Waals surface area contributed by atoms with Gasteiger partial charge in [0.15, 0.2) is 17.8 Å². The van der Waals surface area contributed by atoms with E-state index in [1.165, 1.54) is 24.5 Å². The van der Waals surface area contributed by atoms with Crippen LogP contribution in [0.3, 0.4) is 0 Å². The van der Waals surface area contributed by atoms with E-state index < -0.39 is 68.5 Å². The summed E-state index contributed by atoms with van der Waals surface area (Å²) in [6, 6.07) is 11.3. The summed E-state index contributed by atoms with van der Waals surface area (Å²) in [7, 11) is 1.54. The van der Waals surface area contributed by atoms with Crippen LogP contribution in [0.25, 0.3) is 22.1 Å². The summed E-state index contributed by atoms with van der Waals surface area (Å²) in [4.78, 5) is 13.2. The number of aliphatic hydroxyl groups is 6. The van der Waals surface area contributed by atoms with Gasteiger partial charge in [0, 0.05) is 6.07 Å². The standard InChI is InChI=1S/C27H30O13/c1-35-14-4-2-13(3-5-14)17-10-36-18-8-15(6-7-16(18)20(17)30)38-25-23(22(32)21(31)19(9-28)39-25)40-26-24(33)27(34,11-29)12-37-26/h2-8,10,19,21-26,28-29,31-34H,9,11-12H2,1H3. The van der Waals surface area contributed by atoms with Gasteiger partial charge >= 0.3 is 0 Å². The molecule has 8 atom stereocenters. The Balaban J connectivity index is 1.40. The summed E-state index contributed by atoms with van der Waals surface area (Å²) < 4.78 is 33.3. The number of rotatable bonds is 8. The van der Waals surface area contributed by atoms with E-state index in [-0.39, 0.29) is 22.1 Å². The first kappa shape index (κ1) is 28.4. The first-order chi connectivity index (χ1) is 19.2. The topological polar surface area (TPSA) is 198 Å². The van der Waals surface area contributed by atoms with Crippen molar-refractivity contribution in [3.05, 3.63) is 59.0 Å². The van der Waals surface area contributed by atoms with Crippen LogP contribution >= 0.6 is 0 Å². The zero-order chi connectivity index (χ0) is 28.6. The Bertz CT molecular complexity index is 1380. The summed E-state index contributed by atoms with van der Waals surface area (Å²) in [5.41, 5.74) is -1.10. The van der Waals surface area contributed by atoms with Crippen LogP contribution in [0.15, 0.2) is 57.9 Å². The van der Waals surface area contributed by atoms with E-state index in [0.717, 1.165) is 0 Å². The third-order valence-corrected chi connectivity index (χ3v) is 7.09. The minimum atomic E-state index is -1.99. The van der Waals surface area contributed by atoms with Gasteiger partial charge < -0.3 is 58.7 Å². The first-order valence-corrected chi connectivity index (χ1v) is 12.5. The summed E-state index contributed by atoms with van der Waals surface area (Å²) in [5, 5.41) is 61.0. The number of benzene rings is 2. The van der Waals surface area contributed by atoms with Crippen molar-refractivity contribution in [3.8, 4) is 22.6 Å². The molecule has 1 aromatic heterocycles. The average molecular weight is 563 g/mol. The van der Waals surface area contributed by atoms with Crippen molar-refractivity contribution in [2.24, 2.45) is 0 Å². The molecule has 216 valence electrons. The molecule has 2 saturated heterocycles. The lowest BCUT2D eigenvalue weighted by Gasteiger charge is -2.42. The van der Waals surface area contributed by atoms with E-state index in [0.29, 0.717) is 16.9 Å².